The fraction of sp³-hybridized carbons (Fsp3) is 1.00. The van der Waals surface area contributed by atoms with Crippen molar-refractivity contribution in [1.29, 1.82) is 0 Å². The van der Waals surface area contributed by atoms with Crippen LogP contribution >= 0.6 is 11.8 Å². The monoisotopic (exact) mass is 257 g/mol. The highest BCUT2D eigenvalue weighted by Crippen LogP contribution is 2.30. The summed E-state index contributed by atoms with van der Waals surface area (Å²) in [4.78, 5) is 0. The van der Waals surface area contributed by atoms with Crippen molar-refractivity contribution in [1.82, 2.24) is 5.32 Å². The van der Waals surface area contributed by atoms with Gasteiger partial charge in [-0.25, -0.2) is 0 Å². The molecule has 1 rings (SSSR count). The molecular weight excluding hydrogens is 226 g/mol. The van der Waals surface area contributed by atoms with E-state index in [-0.39, 0.29) is 0 Å². The second-order valence-electron chi connectivity index (χ2n) is 5.50. The quantitative estimate of drug-likeness (QED) is 0.605. The summed E-state index contributed by atoms with van der Waals surface area (Å²) < 4.78 is 0. The standard InChI is InChI=1S/C15H31NS/c1-4-6-7-8-9-13(3)16-14-10-11-15(12-14)17-5-2/h13-16H,4-12H2,1-3H3. The molecule has 2 heteroatoms. The van der Waals surface area contributed by atoms with Gasteiger partial charge in [0.25, 0.3) is 0 Å². The summed E-state index contributed by atoms with van der Waals surface area (Å²) in [6.07, 6.45) is 11.2. The molecule has 1 nitrogen and oxygen atoms in total. The number of nitrogens with one attached hydrogen (secondary N) is 1. The summed E-state index contributed by atoms with van der Waals surface area (Å²) in [5, 5.41) is 4.77. The Hall–Kier alpha value is 0.310. The van der Waals surface area contributed by atoms with Crippen LogP contribution in [0.25, 0.3) is 0 Å². The van der Waals surface area contributed by atoms with E-state index in [1.54, 1.807) is 0 Å². The molecule has 1 aliphatic rings. The molecule has 3 atom stereocenters. The fourth-order valence-electron chi connectivity index (χ4n) is 2.84. The zero-order valence-electron chi connectivity index (χ0n) is 12.0. The minimum Gasteiger partial charge on any atom is -0.311 e. The molecule has 1 saturated carbocycles. The molecule has 0 heterocycles. The lowest BCUT2D eigenvalue weighted by atomic mass is 10.1. The van der Waals surface area contributed by atoms with Crippen LogP contribution in [0.5, 0.6) is 0 Å². The lowest BCUT2D eigenvalue weighted by Gasteiger charge is -2.19. The van der Waals surface area contributed by atoms with E-state index in [4.69, 9.17) is 0 Å². The van der Waals surface area contributed by atoms with E-state index < -0.39 is 0 Å². The molecule has 0 amide bonds. The van der Waals surface area contributed by atoms with Gasteiger partial charge in [0.15, 0.2) is 0 Å². The number of thioether (sulfide) groups is 1. The van der Waals surface area contributed by atoms with Gasteiger partial charge in [-0.3, -0.25) is 0 Å². The zero-order chi connectivity index (χ0) is 12.5. The van der Waals surface area contributed by atoms with Crippen molar-refractivity contribution in [2.75, 3.05) is 5.75 Å². The molecule has 0 saturated heterocycles. The van der Waals surface area contributed by atoms with Crippen LogP contribution in [0.1, 0.15) is 72.1 Å². The van der Waals surface area contributed by atoms with Gasteiger partial charge in [0.1, 0.15) is 0 Å². The van der Waals surface area contributed by atoms with E-state index in [2.05, 4.69) is 37.8 Å². The molecule has 0 spiro atoms. The Kier molecular flexibility index (Phi) is 8.38. The van der Waals surface area contributed by atoms with Crippen LogP contribution in [0.3, 0.4) is 0 Å². The summed E-state index contributed by atoms with van der Waals surface area (Å²) >= 11 is 2.15. The molecule has 0 bridgehead atoms. The lowest BCUT2D eigenvalue weighted by Crippen LogP contribution is -2.34. The highest BCUT2D eigenvalue weighted by molar-refractivity contribution is 7.99. The van der Waals surface area contributed by atoms with E-state index >= 15 is 0 Å². The Morgan fingerprint density at radius 1 is 1.18 bits per heavy atom. The van der Waals surface area contributed by atoms with Crippen molar-refractivity contribution >= 4 is 11.8 Å². The summed E-state index contributed by atoms with van der Waals surface area (Å²) in [5.74, 6) is 1.28. The van der Waals surface area contributed by atoms with Gasteiger partial charge < -0.3 is 5.32 Å². The Bertz CT molecular complexity index is 184. The SMILES string of the molecule is CCCCCCC(C)NC1CCC(SCC)C1. The van der Waals surface area contributed by atoms with Gasteiger partial charge in [-0.05, 0) is 38.4 Å². The molecule has 3 unspecified atom stereocenters. The Morgan fingerprint density at radius 2 is 2.00 bits per heavy atom. The van der Waals surface area contributed by atoms with Gasteiger partial charge in [0, 0.05) is 17.3 Å². The first-order valence-corrected chi connectivity index (χ1v) is 8.68. The minimum atomic E-state index is 0.724. The first-order chi connectivity index (χ1) is 8.26. The van der Waals surface area contributed by atoms with Crippen molar-refractivity contribution in [3.63, 3.8) is 0 Å². The lowest BCUT2D eigenvalue weighted by molar-refractivity contribution is 0.418. The van der Waals surface area contributed by atoms with Crippen LogP contribution in [-0.2, 0) is 0 Å². The largest absolute Gasteiger partial charge is 0.311 e. The molecule has 1 aliphatic carbocycles. The second-order valence-corrected chi connectivity index (χ2v) is 7.08. The Balaban J connectivity index is 2.04. The summed E-state index contributed by atoms with van der Waals surface area (Å²) in [5.41, 5.74) is 0. The van der Waals surface area contributed by atoms with Crippen molar-refractivity contribution in [2.24, 2.45) is 0 Å². The fourth-order valence-corrected chi connectivity index (χ4v) is 3.98. The zero-order valence-corrected chi connectivity index (χ0v) is 12.8. The smallest absolute Gasteiger partial charge is 0.00804 e. The summed E-state index contributed by atoms with van der Waals surface area (Å²) in [7, 11) is 0. The average molecular weight is 257 g/mol. The molecule has 102 valence electrons. The van der Waals surface area contributed by atoms with Crippen LogP contribution < -0.4 is 5.32 Å². The van der Waals surface area contributed by atoms with Crippen LogP contribution in [0.4, 0.5) is 0 Å². The van der Waals surface area contributed by atoms with Gasteiger partial charge in [-0.15, -0.1) is 0 Å². The first-order valence-electron chi connectivity index (χ1n) is 7.63. The van der Waals surface area contributed by atoms with Gasteiger partial charge in [0.2, 0.25) is 0 Å². The highest BCUT2D eigenvalue weighted by Gasteiger charge is 2.24. The first kappa shape index (κ1) is 15.4. The molecule has 0 aromatic rings. The van der Waals surface area contributed by atoms with E-state index in [0.29, 0.717) is 0 Å². The molecule has 0 aromatic carbocycles. The maximum absolute atomic E-state index is 3.83. The maximum atomic E-state index is 3.83. The topological polar surface area (TPSA) is 12.0 Å². The molecule has 17 heavy (non-hydrogen) atoms. The summed E-state index contributed by atoms with van der Waals surface area (Å²) in [6.45, 7) is 6.93. The Morgan fingerprint density at radius 3 is 2.71 bits per heavy atom. The van der Waals surface area contributed by atoms with Crippen LogP contribution in [0.2, 0.25) is 0 Å². The molecular formula is C15H31NS. The Labute approximate surface area is 113 Å². The third-order valence-corrected chi connectivity index (χ3v) is 5.03. The molecule has 1 fully saturated rings. The van der Waals surface area contributed by atoms with E-state index in [9.17, 15) is 0 Å². The minimum absolute atomic E-state index is 0.724. The van der Waals surface area contributed by atoms with Crippen LogP contribution in [0, 0.1) is 0 Å². The van der Waals surface area contributed by atoms with Crippen molar-refractivity contribution in [3.8, 4) is 0 Å². The van der Waals surface area contributed by atoms with Crippen molar-refractivity contribution < 1.29 is 0 Å². The average Bonchev–Trinajstić information content (AvgIpc) is 2.73. The van der Waals surface area contributed by atoms with Gasteiger partial charge in [-0.1, -0.05) is 39.5 Å². The number of rotatable bonds is 9. The van der Waals surface area contributed by atoms with Crippen LogP contribution in [0.15, 0.2) is 0 Å². The predicted octanol–water partition coefficient (Wildman–Crippen LogP) is 4.61. The van der Waals surface area contributed by atoms with E-state index in [0.717, 1.165) is 17.3 Å². The van der Waals surface area contributed by atoms with E-state index in [1.165, 1.54) is 57.1 Å². The third kappa shape index (κ3) is 6.71. The predicted molar refractivity (Wildman–Crippen MR) is 80.9 cm³/mol. The molecule has 0 aliphatic heterocycles. The van der Waals surface area contributed by atoms with Crippen LogP contribution in [-0.4, -0.2) is 23.1 Å². The molecule has 0 radical (unpaired) electrons. The van der Waals surface area contributed by atoms with Crippen molar-refractivity contribution in [3.05, 3.63) is 0 Å². The van der Waals surface area contributed by atoms with Gasteiger partial charge >= 0.3 is 0 Å². The van der Waals surface area contributed by atoms with E-state index in [1.807, 2.05) is 0 Å². The summed E-state index contributed by atoms with van der Waals surface area (Å²) in [6, 6.07) is 1.53. The maximum Gasteiger partial charge on any atom is 0.00804 e. The molecule has 1 N–H and O–H groups in total. The highest BCUT2D eigenvalue weighted by atomic mass is 32.2. The number of hydrogen-bond donors (Lipinski definition) is 1. The number of hydrogen-bond acceptors (Lipinski definition) is 2. The second kappa shape index (κ2) is 9.27. The van der Waals surface area contributed by atoms with Gasteiger partial charge in [0.05, 0.1) is 0 Å². The molecule has 0 aromatic heterocycles. The normalized spacial score (nSPS) is 26.3. The number of unbranched alkanes of at least 4 members (excludes halogenated alkanes) is 3. The third-order valence-electron chi connectivity index (χ3n) is 3.80. The van der Waals surface area contributed by atoms with Gasteiger partial charge in [-0.2, -0.15) is 11.8 Å². The van der Waals surface area contributed by atoms with Crippen molar-refractivity contribution in [2.45, 2.75) is 89.5 Å².